The minimum absolute atomic E-state index is 0.122. The van der Waals surface area contributed by atoms with Crippen LogP contribution in [0.15, 0.2) is 28.7 Å². The van der Waals surface area contributed by atoms with Crippen molar-refractivity contribution in [2.24, 2.45) is 0 Å². The minimum atomic E-state index is -3.35. The Bertz CT molecular complexity index is 386. The van der Waals surface area contributed by atoms with Gasteiger partial charge in [0.1, 0.15) is 5.94 Å². The summed E-state index contributed by atoms with van der Waals surface area (Å²) >= 11 is 3.23. The van der Waals surface area contributed by atoms with Crippen molar-refractivity contribution in [1.29, 1.82) is 0 Å². The van der Waals surface area contributed by atoms with Gasteiger partial charge in [0.2, 0.25) is 0 Å². The highest BCUT2D eigenvalue weighted by atomic mass is 79.9. The van der Waals surface area contributed by atoms with E-state index >= 15 is 0 Å². The standard InChI is InChI=1S/C8H9BrO3S/c9-8-3-1-2-7(4-8)5-13(11,12)6-10/h1-4,10H,5-6H2. The molecule has 0 unspecified atom stereocenters. The number of benzene rings is 1. The number of aliphatic hydroxyl groups is 1. The molecule has 1 rings (SSSR count). The Morgan fingerprint density at radius 1 is 1.38 bits per heavy atom. The molecule has 1 aromatic carbocycles. The van der Waals surface area contributed by atoms with Crippen molar-refractivity contribution in [1.82, 2.24) is 0 Å². The third kappa shape index (κ3) is 3.46. The van der Waals surface area contributed by atoms with Crippen molar-refractivity contribution < 1.29 is 13.5 Å². The van der Waals surface area contributed by atoms with E-state index in [-0.39, 0.29) is 5.75 Å². The van der Waals surface area contributed by atoms with Crippen LogP contribution in [0.3, 0.4) is 0 Å². The first-order chi connectivity index (χ1) is 6.03. The van der Waals surface area contributed by atoms with Crippen LogP contribution in [0.2, 0.25) is 0 Å². The average Bonchev–Trinajstić information content (AvgIpc) is 2.03. The summed E-state index contributed by atoms with van der Waals surface area (Å²) in [6, 6.07) is 6.99. The summed E-state index contributed by atoms with van der Waals surface area (Å²) in [5.41, 5.74) is 0.670. The van der Waals surface area contributed by atoms with E-state index in [4.69, 9.17) is 5.11 Å². The second-order valence-electron chi connectivity index (χ2n) is 2.65. The zero-order chi connectivity index (χ0) is 9.90. The fraction of sp³-hybridized carbons (Fsp3) is 0.250. The zero-order valence-corrected chi connectivity index (χ0v) is 9.18. The summed E-state index contributed by atoms with van der Waals surface area (Å²) in [5.74, 6) is -0.928. The molecule has 0 spiro atoms. The van der Waals surface area contributed by atoms with E-state index in [9.17, 15) is 8.42 Å². The lowest BCUT2D eigenvalue weighted by Gasteiger charge is -2.00. The molecule has 0 aliphatic carbocycles. The molecule has 72 valence electrons. The van der Waals surface area contributed by atoms with E-state index < -0.39 is 15.8 Å². The Labute approximate surface area is 85.4 Å². The van der Waals surface area contributed by atoms with E-state index in [1.165, 1.54) is 0 Å². The summed E-state index contributed by atoms with van der Waals surface area (Å²) in [4.78, 5) is 0. The fourth-order valence-corrected chi connectivity index (χ4v) is 2.15. The van der Waals surface area contributed by atoms with Crippen LogP contribution >= 0.6 is 15.9 Å². The van der Waals surface area contributed by atoms with Gasteiger partial charge in [0.05, 0.1) is 5.75 Å². The molecular weight excluding hydrogens is 256 g/mol. The van der Waals surface area contributed by atoms with Gasteiger partial charge >= 0.3 is 0 Å². The maximum atomic E-state index is 11.0. The molecule has 5 heteroatoms. The van der Waals surface area contributed by atoms with Crippen LogP contribution < -0.4 is 0 Å². The molecule has 0 aliphatic rings. The number of rotatable bonds is 3. The van der Waals surface area contributed by atoms with Crippen LogP contribution in [0.4, 0.5) is 0 Å². The van der Waals surface area contributed by atoms with Crippen molar-refractivity contribution in [3.63, 3.8) is 0 Å². The molecule has 13 heavy (non-hydrogen) atoms. The largest absolute Gasteiger partial charge is 0.380 e. The van der Waals surface area contributed by atoms with Gasteiger partial charge in [-0.2, -0.15) is 0 Å². The van der Waals surface area contributed by atoms with Crippen molar-refractivity contribution in [3.05, 3.63) is 34.3 Å². The third-order valence-electron chi connectivity index (χ3n) is 1.47. The van der Waals surface area contributed by atoms with Crippen LogP contribution in [0.25, 0.3) is 0 Å². The Morgan fingerprint density at radius 3 is 2.62 bits per heavy atom. The van der Waals surface area contributed by atoms with Crippen molar-refractivity contribution in [2.75, 3.05) is 5.94 Å². The van der Waals surface area contributed by atoms with Crippen LogP contribution in [0.5, 0.6) is 0 Å². The molecule has 1 aromatic rings. The molecule has 0 aromatic heterocycles. The first kappa shape index (κ1) is 10.7. The molecule has 0 bridgehead atoms. The second-order valence-corrected chi connectivity index (χ2v) is 5.60. The molecule has 0 amide bonds. The maximum absolute atomic E-state index is 11.0. The topological polar surface area (TPSA) is 54.4 Å². The third-order valence-corrected chi connectivity index (χ3v) is 3.13. The highest BCUT2D eigenvalue weighted by Crippen LogP contribution is 2.13. The van der Waals surface area contributed by atoms with Gasteiger partial charge in [-0.3, -0.25) is 0 Å². The lowest BCUT2D eigenvalue weighted by Crippen LogP contribution is -2.08. The highest BCUT2D eigenvalue weighted by molar-refractivity contribution is 9.10. The Kier molecular flexibility index (Phi) is 3.47. The normalized spacial score (nSPS) is 11.5. The predicted octanol–water partition coefficient (Wildman–Crippen LogP) is 1.31. The first-order valence-corrected chi connectivity index (χ1v) is 6.21. The van der Waals surface area contributed by atoms with Gasteiger partial charge in [-0.1, -0.05) is 28.1 Å². The zero-order valence-electron chi connectivity index (χ0n) is 6.77. The number of sulfone groups is 1. The van der Waals surface area contributed by atoms with Gasteiger partial charge in [-0.15, -0.1) is 0 Å². The number of aliphatic hydroxyl groups excluding tert-OH is 1. The number of halogens is 1. The Morgan fingerprint density at radius 2 is 2.08 bits per heavy atom. The van der Waals surface area contributed by atoms with Gasteiger partial charge in [0.15, 0.2) is 9.84 Å². The lowest BCUT2D eigenvalue weighted by molar-refractivity contribution is 0.358. The molecule has 0 saturated carbocycles. The summed E-state index contributed by atoms with van der Waals surface area (Å²) in [7, 11) is -3.35. The van der Waals surface area contributed by atoms with E-state index in [1.807, 2.05) is 6.07 Å². The highest BCUT2D eigenvalue weighted by Gasteiger charge is 2.09. The quantitative estimate of drug-likeness (QED) is 0.896. The second kappa shape index (κ2) is 4.21. The summed E-state index contributed by atoms with van der Waals surface area (Å²) in [5, 5.41) is 8.52. The molecule has 0 aliphatic heterocycles. The van der Waals surface area contributed by atoms with Gasteiger partial charge in [0, 0.05) is 4.47 Å². The van der Waals surface area contributed by atoms with E-state index in [1.54, 1.807) is 18.2 Å². The van der Waals surface area contributed by atoms with Crippen LogP contribution in [0.1, 0.15) is 5.56 Å². The Balaban J connectivity index is 2.87. The maximum Gasteiger partial charge on any atom is 0.178 e. The monoisotopic (exact) mass is 264 g/mol. The van der Waals surface area contributed by atoms with E-state index in [2.05, 4.69) is 15.9 Å². The molecule has 0 saturated heterocycles. The van der Waals surface area contributed by atoms with Gasteiger partial charge in [-0.05, 0) is 17.7 Å². The van der Waals surface area contributed by atoms with Crippen LogP contribution in [-0.4, -0.2) is 19.5 Å². The van der Waals surface area contributed by atoms with E-state index in [0.717, 1.165) is 4.47 Å². The molecule has 0 heterocycles. The van der Waals surface area contributed by atoms with Crippen molar-refractivity contribution in [3.8, 4) is 0 Å². The fourth-order valence-electron chi connectivity index (χ4n) is 0.926. The molecule has 1 N–H and O–H groups in total. The van der Waals surface area contributed by atoms with Crippen molar-refractivity contribution in [2.45, 2.75) is 5.75 Å². The van der Waals surface area contributed by atoms with Crippen LogP contribution in [0, 0.1) is 0 Å². The molecular formula is C8H9BrO3S. The van der Waals surface area contributed by atoms with Gasteiger partial charge in [-0.25, -0.2) is 8.42 Å². The summed E-state index contributed by atoms with van der Waals surface area (Å²) < 4.78 is 22.9. The summed E-state index contributed by atoms with van der Waals surface area (Å²) in [6.45, 7) is 0. The van der Waals surface area contributed by atoms with Crippen molar-refractivity contribution >= 4 is 25.8 Å². The smallest absolute Gasteiger partial charge is 0.178 e. The SMILES string of the molecule is O=S(=O)(CO)Cc1cccc(Br)c1. The predicted molar refractivity (Wildman–Crippen MR) is 53.9 cm³/mol. The number of hydrogen-bond acceptors (Lipinski definition) is 3. The first-order valence-electron chi connectivity index (χ1n) is 3.59. The average molecular weight is 265 g/mol. The lowest BCUT2D eigenvalue weighted by atomic mass is 10.2. The van der Waals surface area contributed by atoms with Gasteiger partial charge in [0.25, 0.3) is 0 Å². The van der Waals surface area contributed by atoms with Gasteiger partial charge < -0.3 is 5.11 Å². The molecule has 0 fully saturated rings. The van der Waals surface area contributed by atoms with Crippen LogP contribution in [-0.2, 0) is 15.6 Å². The number of hydrogen-bond donors (Lipinski definition) is 1. The molecule has 0 atom stereocenters. The molecule has 3 nitrogen and oxygen atoms in total. The van der Waals surface area contributed by atoms with E-state index in [0.29, 0.717) is 5.56 Å². The minimum Gasteiger partial charge on any atom is -0.380 e. The molecule has 0 radical (unpaired) electrons. The summed E-state index contributed by atoms with van der Waals surface area (Å²) in [6.07, 6.45) is 0. The Hall–Kier alpha value is -0.390.